The Labute approximate surface area is 159 Å². The van der Waals surface area contributed by atoms with E-state index < -0.39 is 10.0 Å². The summed E-state index contributed by atoms with van der Waals surface area (Å²) in [6, 6.07) is 14.6. The van der Waals surface area contributed by atoms with Crippen molar-refractivity contribution in [3.05, 3.63) is 59.9 Å². The fourth-order valence-electron chi connectivity index (χ4n) is 2.89. The summed E-state index contributed by atoms with van der Waals surface area (Å²) in [5.41, 5.74) is 1.96. The number of para-hydroxylation sites is 1. The first-order valence-corrected chi connectivity index (χ1v) is 10.5. The van der Waals surface area contributed by atoms with E-state index in [0.29, 0.717) is 12.5 Å². The van der Waals surface area contributed by atoms with Crippen molar-refractivity contribution in [1.82, 2.24) is 9.97 Å². The second-order valence-corrected chi connectivity index (χ2v) is 8.53. The number of sulfonamides is 1. The molecule has 0 aliphatic rings. The van der Waals surface area contributed by atoms with Gasteiger partial charge >= 0.3 is 0 Å². The van der Waals surface area contributed by atoms with E-state index in [4.69, 9.17) is 10.1 Å². The number of aromatic nitrogens is 2. The van der Waals surface area contributed by atoms with Gasteiger partial charge < -0.3 is 5.32 Å². The molecule has 3 rings (SSSR count). The van der Waals surface area contributed by atoms with E-state index in [1.165, 1.54) is 12.1 Å². The maximum atomic E-state index is 11.3. The fourth-order valence-corrected chi connectivity index (χ4v) is 3.40. The molecule has 2 aromatic carbocycles. The predicted molar refractivity (Wildman–Crippen MR) is 108 cm³/mol. The zero-order valence-corrected chi connectivity index (χ0v) is 16.3. The first-order chi connectivity index (χ1) is 12.8. The van der Waals surface area contributed by atoms with E-state index in [1.807, 2.05) is 24.3 Å². The van der Waals surface area contributed by atoms with Crippen LogP contribution in [0, 0.1) is 5.92 Å². The van der Waals surface area contributed by atoms with Gasteiger partial charge in [-0.1, -0.05) is 38.1 Å². The maximum absolute atomic E-state index is 11.3. The van der Waals surface area contributed by atoms with Gasteiger partial charge in [-0.25, -0.2) is 23.5 Å². The Morgan fingerprint density at radius 3 is 2.41 bits per heavy atom. The largest absolute Gasteiger partial charge is 0.369 e. The van der Waals surface area contributed by atoms with Gasteiger partial charge in [0.05, 0.1) is 10.4 Å². The number of hydrogen-bond donors (Lipinski definition) is 2. The van der Waals surface area contributed by atoms with E-state index in [0.717, 1.165) is 41.0 Å². The number of hydrogen-bond acceptors (Lipinski definition) is 5. The fraction of sp³-hybridized carbons (Fsp3) is 0.300. The van der Waals surface area contributed by atoms with Crippen LogP contribution in [0.4, 0.5) is 5.82 Å². The van der Waals surface area contributed by atoms with Gasteiger partial charge in [0.2, 0.25) is 10.0 Å². The highest BCUT2D eigenvalue weighted by molar-refractivity contribution is 7.89. The SMILES string of the molecule is CC(C)Cc1nc(NCCc2ccc(S(N)(=O)=O)cc2)c2ccccc2n1. The highest BCUT2D eigenvalue weighted by Gasteiger charge is 2.09. The first kappa shape index (κ1) is 19.3. The van der Waals surface area contributed by atoms with Gasteiger partial charge in [-0.2, -0.15) is 0 Å². The number of anilines is 1. The Morgan fingerprint density at radius 2 is 1.74 bits per heavy atom. The van der Waals surface area contributed by atoms with Crippen molar-refractivity contribution in [3.63, 3.8) is 0 Å². The number of rotatable bonds is 7. The summed E-state index contributed by atoms with van der Waals surface area (Å²) in [5, 5.41) is 9.53. The Kier molecular flexibility index (Phi) is 5.72. The predicted octanol–water partition coefficient (Wildman–Crippen LogP) is 3.13. The van der Waals surface area contributed by atoms with Gasteiger partial charge in [-0.15, -0.1) is 0 Å². The van der Waals surface area contributed by atoms with Crippen LogP contribution in [0.2, 0.25) is 0 Å². The number of primary sulfonamides is 1. The van der Waals surface area contributed by atoms with Crippen LogP contribution in [0.5, 0.6) is 0 Å². The van der Waals surface area contributed by atoms with Crippen LogP contribution in [-0.2, 0) is 22.9 Å². The van der Waals surface area contributed by atoms with Gasteiger partial charge in [0.25, 0.3) is 0 Å². The molecule has 6 nitrogen and oxygen atoms in total. The Bertz CT molecular complexity index is 1030. The van der Waals surface area contributed by atoms with E-state index >= 15 is 0 Å². The van der Waals surface area contributed by atoms with Crippen LogP contribution in [0.1, 0.15) is 25.2 Å². The smallest absolute Gasteiger partial charge is 0.238 e. The van der Waals surface area contributed by atoms with E-state index in [-0.39, 0.29) is 4.90 Å². The van der Waals surface area contributed by atoms with Crippen LogP contribution >= 0.6 is 0 Å². The van der Waals surface area contributed by atoms with Crippen molar-refractivity contribution in [2.75, 3.05) is 11.9 Å². The monoisotopic (exact) mass is 384 g/mol. The normalized spacial score (nSPS) is 11.9. The minimum atomic E-state index is -3.65. The minimum absolute atomic E-state index is 0.124. The molecule has 0 saturated heterocycles. The van der Waals surface area contributed by atoms with Crippen molar-refractivity contribution in [1.29, 1.82) is 0 Å². The van der Waals surface area contributed by atoms with Gasteiger partial charge in [-0.3, -0.25) is 0 Å². The quantitative estimate of drug-likeness (QED) is 0.652. The second kappa shape index (κ2) is 8.02. The summed E-state index contributed by atoms with van der Waals surface area (Å²) in [5.74, 6) is 2.15. The molecule has 0 spiro atoms. The van der Waals surface area contributed by atoms with Crippen LogP contribution < -0.4 is 10.5 Å². The zero-order chi connectivity index (χ0) is 19.4. The molecule has 0 bridgehead atoms. The summed E-state index contributed by atoms with van der Waals surface area (Å²) >= 11 is 0. The van der Waals surface area contributed by atoms with Crippen LogP contribution in [0.15, 0.2) is 53.4 Å². The molecule has 0 unspecified atom stereocenters. The molecule has 0 saturated carbocycles. The molecule has 0 radical (unpaired) electrons. The number of nitrogens with one attached hydrogen (secondary N) is 1. The average molecular weight is 385 g/mol. The van der Waals surface area contributed by atoms with Crippen molar-refractivity contribution < 1.29 is 8.42 Å². The van der Waals surface area contributed by atoms with Gasteiger partial charge in [-0.05, 0) is 42.2 Å². The lowest BCUT2D eigenvalue weighted by Crippen LogP contribution is -2.12. The van der Waals surface area contributed by atoms with Gasteiger partial charge in [0.1, 0.15) is 11.6 Å². The van der Waals surface area contributed by atoms with Crippen molar-refractivity contribution in [2.24, 2.45) is 11.1 Å². The van der Waals surface area contributed by atoms with Gasteiger partial charge in [0, 0.05) is 18.4 Å². The molecule has 7 heteroatoms. The number of nitrogens with zero attached hydrogens (tertiary/aromatic N) is 2. The Balaban J connectivity index is 1.74. The molecule has 3 aromatic rings. The maximum Gasteiger partial charge on any atom is 0.238 e. The molecule has 1 heterocycles. The van der Waals surface area contributed by atoms with Crippen molar-refractivity contribution >= 4 is 26.7 Å². The zero-order valence-electron chi connectivity index (χ0n) is 15.5. The lowest BCUT2D eigenvalue weighted by atomic mass is 10.1. The molecule has 142 valence electrons. The van der Waals surface area contributed by atoms with Gasteiger partial charge in [0.15, 0.2) is 0 Å². The summed E-state index contributed by atoms with van der Waals surface area (Å²) in [6.07, 6.45) is 1.57. The lowest BCUT2D eigenvalue weighted by molar-refractivity contribution is 0.598. The molecule has 0 atom stereocenters. The molecule has 0 aliphatic carbocycles. The molecule has 0 amide bonds. The average Bonchev–Trinajstić information content (AvgIpc) is 2.61. The summed E-state index contributed by atoms with van der Waals surface area (Å²) in [6.45, 7) is 4.98. The van der Waals surface area contributed by atoms with Crippen molar-refractivity contribution in [2.45, 2.75) is 31.6 Å². The van der Waals surface area contributed by atoms with Crippen LogP contribution in [0.25, 0.3) is 10.9 Å². The Hall–Kier alpha value is -2.51. The summed E-state index contributed by atoms with van der Waals surface area (Å²) in [7, 11) is -3.65. The molecule has 27 heavy (non-hydrogen) atoms. The summed E-state index contributed by atoms with van der Waals surface area (Å²) < 4.78 is 22.7. The third kappa shape index (κ3) is 5.02. The highest BCUT2D eigenvalue weighted by atomic mass is 32.2. The van der Waals surface area contributed by atoms with E-state index in [1.54, 1.807) is 12.1 Å². The Morgan fingerprint density at radius 1 is 1.04 bits per heavy atom. The van der Waals surface area contributed by atoms with E-state index in [2.05, 4.69) is 24.1 Å². The third-order valence-corrected chi connectivity index (χ3v) is 5.13. The van der Waals surface area contributed by atoms with E-state index in [9.17, 15) is 8.42 Å². The molecule has 3 N–H and O–H groups in total. The van der Waals surface area contributed by atoms with Crippen LogP contribution in [-0.4, -0.2) is 24.9 Å². The second-order valence-electron chi connectivity index (χ2n) is 6.97. The lowest BCUT2D eigenvalue weighted by Gasteiger charge is -2.12. The highest BCUT2D eigenvalue weighted by Crippen LogP contribution is 2.21. The number of fused-ring (bicyclic) bond motifs is 1. The number of nitrogens with two attached hydrogens (primary N) is 1. The minimum Gasteiger partial charge on any atom is -0.369 e. The molecular formula is C20H24N4O2S. The molecule has 0 aliphatic heterocycles. The summed E-state index contributed by atoms with van der Waals surface area (Å²) in [4.78, 5) is 9.48. The first-order valence-electron chi connectivity index (χ1n) is 8.94. The molecular weight excluding hydrogens is 360 g/mol. The van der Waals surface area contributed by atoms with Crippen LogP contribution in [0.3, 0.4) is 0 Å². The molecule has 1 aromatic heterocycles. The molecule has 0 fully saturated rings. The van der Waals surface area contributed by atoms with Crippen molar-refractivity contribution in [3.8, 4) is 0 Å². The third-order valence-electron chi connectivity index (χ3n) is 4.20. The topological polar surface area (TPSA) is 98.0 Å². The standard InChI is InChI=1S/C20H24N4O2S/c1-14(2)13-19-23-18-6-4-3-5-17(18)20(24-19)22-12-11-15-7-9-16(10-8-15)27(21,25)26/h3-10,14H,11-13H2,1-2H3,(H2,21,25,26)(H,22,23,24). The number of benzene rings is 2.